The number of aromatic nitrogens is 2. The van der Waals surface area contributed by atoms with E-state index in [0.717, 1.165) is 52.2 Å². The van der Waals surface area contributed by atoms with E-state index >= 15 is 0 Å². The van der Waals surface area contributed by atoms with Crippen LogP contribution in [0.2, 0.25) is 5.15 Å². The fourth-order valence-corrected chi connectivity index (χ4v) is 5.57. The molecule has 174 valence electrons. The predicted molar refractivity (Wildman–Crippen MR) is 137 cm³/mol. The summed E-state index contributed by atoms with van der Waals surface area (Å²) in [5, 5.41) is 6.91. The molecule has 0 spiro atoms. The zero-order valence-corrected chi connectivity index (χ0v) is 20.9. The molecule has 0 bridgehead atoms. The number of ether oxygens (including phenoxy) is 1. The second-order valence-electron chi connectivity index (χ2n) is 9.54. The van der Waals surface area contributed by atoms with Crippen molar-refractivity contribution in [1.82, 2.24) is 14.7 Å². The van der Waals surface area contributed by atoms with E-state index < -0.39 is 0 Å². The van der Waals surface area contributed by atoms with Crippen molar-refractivity contribution in [2.45, 2.75) is 58.6 Å². The molecule has 0 amide bonds. The second-order valence-corrected chi connectivity index (χ2v) is 10.3. The van der Waals surface area contributed by atoms with E-state index in [2.05, 4.69) is 54.2 Å². The van der Waals surface area contributed by atoms with Crippen LogP contribution in [0.5, 0.6) is 5.75 Å². The lowest BCUT2D eigenvalue weighted by molar-refractivity contribution is 0.245. The number of halogens is 2. The van der Waals surface area contributed by atoms with Crippen LogP contribution in [0.4, 0.5) is 0 Å². The second kappa shape index (κ2) is 9.69. The molecule has 0 unspecified atom stereocenters. The molecule has 1 aliphatic heterocycles. The maximum Gasteiger partial charge on any atom is 0.158 e. The monoisotopic (exact) mass is 483 g/mol. The third-order valence-corrected chi connectivity index (χ3v) is 7.55. The molecule has 1 fully saturated rings. The molecule has 0 saturated carbocycles. The Balaban J connectivity index is 1.29. The molecule has 1 aromatic heterocycles. The van der Waals surface area contributed by atoms with Gasteiger partial charge in [0.1, 0.15) is 12.4 Å². The summed E-state index contributed by atoms with van der Waals surface area (Å²) in [7, 11) is 0. The van der Waals surface area contributed by atoms with Crippen LogP contribution in [0, 0.1) is 0 Å². The van der Waals surface area contributed by atoms with Crippen LogP contribution in [-0.2, 0) is 13.0 Å². The molecule has 2 heterocycles. The number of hydrogen-bond donors (Lipinski definition) is 0. The van der Waals surface area contributed by atoms with Crippen molar-refractivity contribution < 1.29 is 4.74 Å². The molecule has 0 atom stereocenters. The molecule has 1 aliphatic carbocycles. The Morgan fingerprint density at radius 3 is 2.61 bits per heavy atom. The van der Waals surface area contributed by atoms with E-state index in [-0.39, 0.29) is 6.04 Å². The minimum atomic E-state index is 0.263. The van der Waals surface area contributed by atoms with Gasteiger partial charge in [0.25, 0.3) is 0 Å². The van der Waals surface area contributed by atoms with Crippen LogP contribution in [0.15, 0.2) is 42.0 Å². The highest BCUT2D eigenvalue weighted by atomic mass is 35.5. The van der Waals surface area contributed by atoms with E-state index in [1.807, 2.05) is 10.7 Å². The Hall–Kier alpha value is -2.01. The lowest BCUT2D eigenvalue weighted by Gasteiger charge is -2.29. The minimum absolute atomic E-state index is 0.263. The summed E-state index contributed by atoms with van der Waals surface area (Å²) in [5.41, 5.74) is 5.95. The average molecular weight is 484 g/mol. The van der Waals surface area contributed by atoms with Gasteiger partial charge in [0.2, 0.25) is 0 Å². The Kier molecular flexibility index (Phi) is 6.69. The fourth-order valence-electron chi connectivity index (χ4n) is 5.00. The van der Waals surface area contributed by atoms with Crippen molar-refractivity contribution in [2.24, 2.45) is 0 Å². The van der Waals surface area contributed by atoms with Gasteiger partial charge in [-0.15, -0.1) is 0 Å². The highest BCUT2D eigenvalue weighted by Gasteiger charge is 2.21. The molecule has 5 rings (SSSR count). The van der Waals surface area contributed by atoms with E-state index in [1.54, 1.807) is 0 Å². The number of rotatable bonds is 6. The molecule has 2 aromatic carbocycles. The first-order valence-corrected chi connectivity index (χ1v) is 12.8. The van der Waals surface area contributed by atoms with Crippen molar-refractivity contribution in [3.63, 3.8) is 0 Å². The topological polar surface area (TPSA) is 30.3 Å². The van der Waals surface area contributed by atoms with Gasteiger partial charge in [-0.1, -0.05) is 35.7 Å². The zero-order valence-electron chi connectivity index (χ0n) is 19.4. The van der Waals surface area contributed by atoms with Gasteiger partial charge in [-0.05, 0) is 105 Å². The summed E-state index contributed by atoms with van der Waals surface area (Å²) >= 11 is 13.2. The molecule has 3 aromatic rings. The third-order valence-electron chi connectivity index (χ3n) is 6.80. The molecular weight excluding hydrogens is 453 g/mol. The number of piperidine rings is 1. The smallest absolute Gasteiger partial charge is 0.158 e. The van der Waals surface area contributed by atoms with Crippen LogP contribution in [0.25, 0.3) is 15.9 Å². The van der Waals surface area contributed by atoms with Crippen LogP contribution < -0.4 is 4.74 Å². The van der Waals surface area contributed by atoms with Crippen molar-refractivity contribution in [3.05, 3.63) is 63.8 Å². The van der Waals surface area contributed by atoms with Crippen LogP contribution >= 0.6 is 23.2 Å². The van der Waals surface area contributed by atoms with E-state index in [4.69, 9.17) is 27.9 Å². The van der Waals surface area contributed by atoms with E-state index in [0.29, 0.717) is 11.8 Å². The van der Waals surface area contributed by atoms with Gasteiger partial charge in [-0.25, -0.2) is 0 Å². The number of likely N-dealkylation sites (tertiary alicyclic amines) is 1. The largest absolute Gasteiger partial charge is 0.489 e. The first-order valence-electron chi connectivity index (χ1n) is 12.0. The lowest BCUT2D eigenvalue weighted by Crippen LogP contribution is -2.32. The lowest BCUT2D eigenvalue weighted by atomic mass is 9.91. The van der Waals surface area contributed by atoms with Crippen molar-refractivity contribution in [2.75, 3.05) is 19.6 Å². The summed E-state index contributed by atoms with van der Waals surface area (Å²) in [6, 6.07) is 12.8. The minimum Gasteiger partial charge on any atom is -0.489 e. The van der Waals surface area contributed by atoms with Crippen molar-refractivity contribution in [1.29, 1.82) is 0 Å². The fraction of sp³-hybridized carbons (Fsp3) is 0.444. The van der Waals surface area contributed by atoms with Crippen molar-refractivity contribution in [3.8, 4) is 5.75 Å². The number of aryl methyl sites for hydroxylation is 1. The average Bonchev–Trinajstić information content (AvgIpc) is 3.16. The van der Waals surface area contributed by atoms with Gasteiger partial charge in [0, 0.05) is 23.0 Å². The summed E-state index contributed by atoms with van der Waals surface area (Å²) in [4.78, 5) is 2.55. The number of benzene rings is 2. The zero-order chi connectivity index (χ0) is 22.9. The maximum atomic E-state index is 6.84. The molecule has 1 saturated heterocycles. The Labute approximate surface area is 206 Å². The van der Waals surface area contributed by atoms with Crippen LogP contribution in [-0.4, -0.2) is 34.3 Å². The summed E-state index contributed by atoms with van der Waals surface area (Å²) < 4.78 is 8.11. The molecule has 6 heteroatoms. The van der Waals surface area contributed by atoms with E-state index in [9.17, 15) is 0 Å². The SMILES string of the molecule is CC(C)n1nc(Cl)c2cc(COc3ccc4c(c3)CCC(CN3CCCCC3)=C4Cl)ccc21. The summed E-state index contributed by atoms with van der Waals surface area (Å²) in [6.07, 6.45) is 6.02. The molecule has 4 nitrogen and oxygen atoms in total. The Morgan fingerprint density at radius 2 is 1.82 bits per heavy atom. The highest BCUT2D eigenvalue weighted by molar-refractivity contribution is 6.49. The molecule has 0 N–H and O–H groups in total. The first kappa shape index (κ1) is 22.8. The summed E-state index contributed by atoms with van der Waals surface area (Å²) in [5.74, 6) is 0.877. The highest BCUT2D eigenvalue weighted by Crippen LogP contribution is 2.37. The molecule has 0 radical (unpaired) electrons. The number of nitrogens with zero attached hydrogens (tertiary/aromatic N) is 3. The predicted octanol–water partition coefficient (Wildman–Crippen LogP) is 7.23. The van der Waals surface area contributed by atoms with Gasteiger partial charge < -0.3 is 4.74 Å². The van der Waals surface area contributed by atoms with Crippen LogP contribution in [0.1, 0.15) is 62.3 Å². The van der Waals surface area contributed by atoms with E-state index in [1.165, 1.54) is 43.5 Å². The molecule has 2 aliphatic rings. The number of hydrogen-bond acceptors (Lipinski definition) is 3. The van der Waals surface area contributed by atoms with Crippen LogP contribution in [0.3, 0.4) is 0 Å². The van der Waals surface area contributed by atoms with Gasteiger partial charge in [-0.3, -0.25) is 9.58 Å². The third kappa shape index (κ3) is 4.80. The molecule has 33 heavy (non-hydrogen) atoms. The van der Waals surface area contributed by atoms with Gasteiger partial charge in [0.05, 0.1) is 5.52 Å². The Bertz CT molecular complexity index is 1190. The van der Waals surface area contributed by atoms with Gasteiger partial charge in [-0.2, -0.15) is 5.10 Å². The number of fused-ring (bicyclic) bond motifs is 2. The van der Waals surface area contributed by atoms with Crippen molar-refractivity contribution >= 4 is 39.1 Å². The normalized spacial score (nSPS) is 17.1. The van der Waals surface area contributed by atoms with Gasteiger partial charge in [0.15, 0.2) is 5.15 Å². The Morgan fingerprint density at radius 1 is 1.00 bits per heavy atom. The quantitative estimate of drug-likeness (QED) is 0.370. The maximum absolute atomic E-state index is 6.84. The standard InChI is InChI=1S/C27H31Cl2N3O/c1-18(2)32-25-11-6-19(14-24(25)27(29)30-32)17-33-22-9-10-23-20(15-22)7-8-21(26(23)28)16-31-12-4-3-5-13-31/h6,9-11,14-15,18H,3-5,7-8,12-13,16-17H2,1-2H3. The molecular formula is C27H31Cl2N3O. The summed E-state index contributed by atoms with van der Waals surface area (Å²) in [6.45, 7) is 8.10. The van der Waals surface area contributed by atoms with Gasteiger partial charge >= 0.3 is 0 Å². The first-order chi connectivity index (χ1) is 16.0.